The van der Waals surface area contributed by atoms with Crippen LogP contribution in [0.15, 0.2) is 12.1 Å². The standard InChI is InChI=1S/C16H25NO/c1-4-18-16-10-11(2)15(9-12(16)3)14(7-8-17)13-5-6-13/h9-10,13-14H,4-8,17H2,1-3H3. The maximum absolute atomic E-state index is 5.77. The molecule has 0 aliphatic heterocycles. The Morgan fingerprint density at radius 3 is 2.56 bits per heavy atom. The van der Waals surface area contributed by atoms with Crippen LogP contribution in [0.1, 0.15) is 48.8 Å². The molecule has 2 rings (SSSR count). The van der Waals surface area contributed by atoms with Gasteiger partial charge in [-0.25, -0.2) is 0 Å². The zero-order valence-corrected chi connectivity index (χ0v) is 11.8. The molecule has 1 aliphatic rings. The fraction of sp³-hybridized carbons (Fsp3) is 0.625. The third-order valence-corrected chi connectivity index (χ3v) is 3.93. The molecular weight excluding hydrogens is 222 g/mol. The van der Waals surface area contributed by atoms with E-state index >= 15 is 0 Å². The molecular formula is C16H25NO. The van der Waals surface area contributed by atoms with Crippen molar-refractivity contribution in [1.29, 1.82) is 0 Å². The smallest absolute Gasteiger partial charge is 0.122 e. The van der Waals surface area contributed by atoms with Gasteiger partial charge in [-0.15, -0.1) is 0 Å². The Bertz CT molecular complexity index is 410. The summed E-state index contributed by atoms with van der Waals surface area (Å²) in [6.45, 7) is 7.88. The number of benzene rings is 1. The predicted molar refractivity (Wildman–Crippen MR) is 76.2 cm³/mol. The summed E-state index contributed by atoms with van der Waals surface area (Å²) < 4.78 is 5.66. The van der Waals surface area contributed by atoms with Crippen LogP contribution in [0.3, 0.4) is 0 Å². The highest BCUT2D eigenvalue weighted by Gasteiger charge is 2.32. The van der Waals surface area contributed by atoms with Crippen molar-refractivity contribution in [3.8, 4) is 5.75 Å². The van der Waals surface area contributed by atoms with Gasteiger partial charge >= 0.3 is 0 Å². The minimum atomic E-state index is 0.657. The van der Waals surface area contributed by atoms with Crippen LogP contribution in [-0.2, 0) is 0 Å². The van der Waals surface area contributed by atoms with Crippen LogP contribution in [0.5, 0.6) is 5.75 Å². The Hall–Kier alpha value is -1.02. The quantitative estimate of drug-likeness (QED) is 0.834. The third kappa shape index (κ3) is 2.86. The lowest BCUT2D eigenvalue weighted by Crippen LogP contribution is -2.11. The first-order valence-corrected chi connectivity index (χ1v) is 7.11. The first-order valence-electron chi connectivity index (χ1n) is 7.11. The van der Waals surface area contributed by atoms with E-state index in [-0.39, 0.29) is 0 Å². The largest absolute Gasteiger partial charge is 0.494 e. The number of hydrogen-bond donors (Lipinski definition) is 1. The molecule has 0 aromatic heterocycles. The van der Waals surface area contributed by atoms with Gasteiger partial charge in [0, 0.05) is 0 Å². The zero-order valence-electron chi connectivity index (χ0n) is 11.8. The van der Waals surface area contributed by atoms with E-state index in [1.807, 2.05) is 6.92 Å². The monoisotopic (exact) mass is 247 g/mol. The summed E-state index contributed by atoms with van der Waals surface area (Å²) in [4.78, 5) is 0. The molecule has 0 spiro atoms. The van der Waals surface area contributed by atoms with Gasteiger partial charge in [0.25, 0.3) is 0 Å². The van der Waals surface area contributed by atoms with Crippen LogP contribution in [0.4, 0.5) is 0 Å². The summed E-state index contributed by atoms with van der Waals surface area (Å²) in [6.07, 6.45) is 3.85. The fourth-order valence-electron chi connectivity index (χ4n) is 2.85. The van der Waals surface area contributed by atoms with Gasteiger partial charge in [-0.1, -0.05) is 6.07 Å². The lowest BCUT2D eigenvalue weighted by atomic mass is 9.87. The Labute approximate surface area is 111 Å². The first kappa shape index (κ1) is 13.4. The molecule has 18 heavy (non-hydrogen) atoms. The maximum atomic E-state index is 5.77. The van der Waals surface area contributed by atoms with E-state index in [1.165, 1.54) is 29.5 Å². The highest BCUT2D eigenvalue weighted by atomic mass is 16.5. The second-order valence-electron chi connectivity index (χ2n) is 5.43. The minimum absolute atomic E-state index is 0.657. The molecule has 1 aromatic rings. The molecule has 100 valence electrons. The van der Waals surface area contributed by atoms with Gasteiger partial charge in [0.15, 0.2) is 0 Å². The highest BCUT2D eigenvalue weighted by Crippen LogP contribution is 2.45. The van der Waals surface area contributed by atoms with Crippen molar-refractivity contribution in [3.05, 3.63) is 28.8 Å². The van der Waals surface area contributed by atoms with Crippen molar-refractivity contribution in [1.82, 2.24) is 0 Å². The average Bonchev–Trinajstić information content (AvgIpc) is 3.15. The van der Waals surface area contributed by atoms with E-state index in [0.29, 0.717) is 5.92 Å². The molecule has 1 aromatic carbocycles. The normalized spacial score (nSPS) is 16.7. The van der Waals surface area contributed by atoms with Gasteiger partial charge < -0.3 is 10.5 Å². The number of ether oxygens (including phenoxy) is 1. The molecule has 2 nitrogen and oxygen atoms in total. The van der Waals surface area contributed by atoms with Gasteiger partial charge in [0.1, 0.15) is 5.75 Å². The molecule has 2 N–H and O–H groups in total. The maximum Gasteiger partial charge on any atom is 0.122 e. The highest BCUT2D eigenvalue weighted by molar-refractivity contribution is 5.43. The predicted octanol–water partition coefficient (Wildman–Crippen LogP) is 3.54. The molecule has 2 heteroatoms. The Morgan fingerprint density at radius 1 is 1.28 bits per heavy atom. The summed E-state index contributed by atoms with van der Waals surface area (Å²) in [5.74, 6) is 2.55. The number of aryl methyl sites for hydroxylation is 2. The minimum Gasteiger partial charge on any atom is -0.494 e. The fourth-order valence-corrected chi connectivity index (χ4v) is 2.85. The zero-order chi connectivity index (χ0) is 13.1. The Kier molecular flexibility index (Phi) is 4.28. The molecule has 0 bridgehead atoms. The molecule has 0 saturated heterocycles. The van der Waals surface area contributed by atoms with Gasteiger partial charge in [-0.05, 0) is 81.2 Å². The average molecular weight is 247 g/mol. The second-order valence-corrected chi connectivity index (χ2v) is 5.43. The van der Waals surface area contributed by atoms with Crippen molar-refractivity contribution >= 4 is 0 Å². The summed E-state index contributed by atoms with van der Waals surface area (Å²) in [7, 11) is 0. The Morgan fingerprint density at radius 2 is 2.00 bits per heavy atom. The summed E-state index contributed by atoms with van der Waals surface area (Å²) >= 11 is 0. The van der Waals surface area contributed by atoms with Crippen LogP contribution in [0, 0.1) is 19.8 Å². The van der Waals surface area contributed by atoms with Crippen LogP contribution < -0.4 is 10.5 Å². The molecule has 1 fully saturated rings. The lowest BCUT2D eigenvalue weighted by Gasteiger charge is -2.20. The van der Waals surface area contributed by atoms with Gasteiger partial charge in [-0.3, -0.25) is 0 Å². The van der Waals surface area contributed by atoms with Crippen molar-refractivity contribution in [2.45, 2.75) is 46.0 Å². The van der Waals surface area contributed by atoms with Crippen molar-refractivity contribution in [2.75, 3.05) is 13.2 Å². The van der Waals surface area contributed by atoms with E-state index in [0.717, 1.165) is 31.2 Å². The van der Waals surface area contributed by atoms with Gasteiger partial charge in [0.05, 0.1) is 6.61 Å². The van der Waals surface area contributed by atoms with Crippen molar-refractivity contribution in [3.63, 3.8) is 0 Å². The molecule has 1 unspecified atom stereocenters. The number of nitrogens with two attached hydrogens (primary N) is 1. The molecule has 1 aliphatic carbocycles. The molecule has 1 saturated carbocycles. The third-order valence-electron chi connectivity index (χ3n) is 3.93. The second kappa shape index (κ2) is 5.75. The van der Waals surface area contributed by atoms with Gasteiger partial charge in [0.2, 0.25) is 0 Å². The molecule has 0 radical (unpaired) electrons. The van der Waals surface area contributed by atoms with E-state index < -0.39 is 0 Å². The van der Waals surface area contributed by atoms with Crippen molar-refractivity contribution < 1.29 is 4.74 Å². The van der Waals surface area contributed by atoms with E-state index in [1.54, 1.807) is 0 Å². The summed E-state index contributed by atoms with van der Waals surface area (Å²) in [6, 6.07) is 4.51. The van der Waals surface area contributed by atoms with Crippen LogP contribution >= 0.6 is 0 Å². The van der Waals surface area contributed by atoms with Crippen LogP contribution in [0.2, 0.25) is 0 Å². The molecule has 0 amide bonds. The summed E-state index contributed by atoms with van der Waals surface area (Å²) in [5.41, 5.74) is 9.87. The van der Waals surface area contributed by atoms with Crippen LogP contribution in [0.25, 0.3) is 0 Å². The number of hydrogen-bond acceptors (Lipinski definition) is 2. The molecule has 0 heterocycles. The van der Waals surface area contributed by atoms with E-state index in [2.05, 4.69) is 26.0 Å². The summed E-state index contributed by atoms with van der Waals surface area (Å²) in [5, 5.41) is 0. The van der Waals surface area contributed by atoms with Crippen LogP contribution in [-0.4, -0.2) is 13.2 Å². The lowest BCUT2D eigenvalue weighted by molar-refractivity contribution is 0.337. The van der Waals surface area contributed by atoms with E-state index in [9.17, 15) is 0 Å². The Balaban J connectivity index is 2.28. The van der Waals surface area contributed by atoms with Gasteiger partial charge in [-0.2, -0.15) is 0 Å². The van der Waals surface area contributed by atoms with Crippen molar-refractivity contribution in [2.24, 2.45) is 11.7 Å². The topological polar surface area (TPSA) is 35.2 Å². The number of rotatable bonds is 6. The molecule has 1 atom stereocenters. The van der Waals surface area contributed by atoms with E-state index in [4.69, 9.17) is 10.5 Å². The SMILES string of the molecule is CCOc1cc(C)c(C(CCN)C2CC2)cc1C. The first-order chi connectivity index (χ1) is 8.67.